The predicted molar refractivity (Wildman–Crippen MR) is 87.1 cm³/mol. The van der Waals surface area contributed by atoms with Gasteiger partial charge in [0.05, 0.1) is 0 Å². The van der Waals surface area contributed by atoms with Crippen LogP contribution in [0.4, 0.5) is 0 Å². The van der Waals surface area contributed by atoms with Crippen molar-refractivity contribution in [1.82, 2.24) is 10.2 Å². The van der Waals surface area contributed by atoms with Gasteiger partial charge in [0.15, 0.2) is 6.61 Å². The van der Waals surface area contributed by atoms with Gasteiger partial charge in [-0.15, -0.1) is 10.2 Å². The highest BCUT2D eigenvalue weighted by atomic mass is 35.5. The second kappa shape index (κ2) is 7.14. The number of aryl methyl sites for hydroxylation is 1. The van der Waals surface area contributed by atoms with Gasteiger partial charge >= 0.3 is 5.97 Å². The fourth-order valence-corrected chi connectivity index (χ4v) is 2.26. The molecule has 0 aliphatic rings. The molecule has 2 aromatic carbocycles. The van der Waals surface area contributed by atoms with E-state index < -0.39 is 5.97 Å². The largest absolute Gasteiger partial charge is 0.482 e. The molecular formula is C17H13ClN2O4. The van der Waals surface area contributed by atoms with E-state index in [-0.39, 0.29) is 6.61 Å². The number of ether oxygens (including phenoxy) is 2. The van der Waals surface area contributed by atoms with Crippen molar-refractivity contribution in [2.24, 2.45) is 0 Å². The normalized spacial score (nSPS) is 10.4. The van der Waals surface area contributed by atoms with Crippen molar-refractivity contribution in [2.45, 2.75) is 6.92 Å². The number of hydrogen-bond donors (Lipinski definition) is 0. The van der Waals surface area contributed by atoms with Gasteiger partial charge in [-0.25, -0.2) is 4.79 Å². The number of aromatic nitrogens is 2. The Labute approximate surface area is 143 Å². The van der Waals surface area contributed by atoms with Crippen molar-refractivity contribution >= 4 is 17.6 Å². The third-order valence-corrected chi connectivity index (χ3v) is 3.41. The van der Waals surface area contributed by atoms with Crippen LogP contribution in [-0.4, -0.2) is 22.8 Å². The van der Waals surface area contributed by atoms with Gasteiger partial charge in [0.25, 0.3) is 0 Å². The van der Waals surface area contributed by atoms with Crippen molar-refractivity contribution in [2.75, 3.05) is 6.61 Å². The molecule has 0 aliphatic carbocycles. The summed E-state index contributed by atoms with van der Waals surface area (Å²) in [7, 11) is 0. The highest BCUT2D eigenvalue weighted by molar-refractivity contribution is 6.30. The maximum absolute atomic E-state index is 11.9. The molecule has 0 N–H and O–H groups in total. The lowest BCUT2D eigenvalue weighted by molar-refractivity contribution is -0.136. The molecular weight excluding hydrogens is 332 g/mol. The van der Waals surface area contributed by atoms with Gasteiger partial charge in [-0.05, 0) is 55.0 Å². The summed E-state index contributed by atoms with van der Waals surface area (Å²) < 4.78 is 15.7. The van der Waals surface area contributed by atoms with Gasteiger partial charge in [-0.2, -0.15) is 0 Å². The average molecular weight is 345 g/mol. The Morgan fingerprint density at radius 2 is 2.00 bits per heavy atom. The second-order valence-corrected chi connectivity index (χ2v) is 5.38. The van der Waals surface area contributed by atoms with E-state index in [2.05, 4.69) is 10.2 Å². The average Bonchev–Trinajstić information content (AvgIpc) is 3.09. The van der Waals surface area contributed by atoms with Crippen LogP contribution >= 0.6 is 11.6 Å². The number of carbonyl (C=O) groups excluding carboxylic acids is 1. The second-order valence-electron chi connectivity index (χ2n) is 4.94. The van der Waals surface area contributed by atoms with E-state index in [0.717, 1.165) is 11.1 Å². The van der Waals surface area contributed by atoms with E-state index in [9.17, 15) is 4.79 Å². The summed E-state index contributed by atoms with van der Waals surface area (Å²) >= 11 is 5.87. The van der Waals surface area contributed by atoms with E-state index in [4.69, 9.17) is 25.5 Å². The first-order chi connectivity index (χ1) is 11.6. The van der Waals surface area contributed by atoms with E-state index in [0.29, 0.717) is 22.4 Å². The number of carbonyl (C=O) groups is 1. The first kappa shape index (κ1) is 16.0. The minimum atomic E-state index is -0.505. The molecule has 1 heterocycles. The van der Waals surface area contributed by atoms with E-state index in [1.165, 1.54) is 6.39 Å². The van der Waals surface area contributed by atoms with E-state index in [1.54, 1.807) is 42.5 Å². The zero-order valence-corrected chi connectivity index (χ0v) is 13.5. The third kappa shape index (κ3) is 3.91. The third-order valence-electron chi connectivity index (χ3n) is 3.18. The topological polar surface area (TPSA) is 74.5 Å². The minimum Gasteiger partial charge on any atom is -0.482 e. The summed E-state index contributed by atoms with van der Waals surface area (Å²) in [6.07, 6.45) is 1.25. The zero-order chi connectivity index (χ0) is 16.9. The molecule has 0 fully saturated rings. The fraction of sp³-hybridized carbons (Fsp3) is 0.118. The predicted octanol–water partition coefficient (Wildman–Crippen LogP) is 3.68. The summed E-state index contributed by atoms with van der Waals surface area (Å²) in [5.74, 6) is 0.882. The van der Waals surface area contributed by atoms with Crippen molar-refractivity contribution in [3.63, 3.8) is 0 Å². The van der Waals surface area contributed by atoms with Crippen LogP contribution in [0.2, 0.25) is 5.02 Å². The van der Waals surface area contributed by atoms with Crippen molar-refractivity contribution in [3.8, 4) is 23.0 Å². The zero-order valence-electron chi connectivity index (χ0n) is 12.7. The van der Waals surface area contributed by atoms with Crippen LogP contribution in [0.5, 0.6) is 11.5 Å². The van der Waals surface area contributed by atoms with Crippen LogP contribution in [-0.2, 0) is 4.79 Å². The number of rotatable bonds is 5. The summed E-state index contributed by atoms with van der Waals surface area (Å²) in [5, 5.41) is 8.02. The molecule has 6 nitrogen and oxygen atoms in total. The molecule has 0 radical (unpaired) electrons. The van der Waals surface area contributed by atoms with Crippen LogP contribution in [0.1, 0.15) is 5.56 Å². The maximum atomic E-state index is 11.9. The Morgan fingerprint density at radius 1 is 1.21 bits per heavy atom. The molecule has 3 rings (SSSR count). The van der Waals surface area contributed by atoms with Crippen molar-refractivity contribution < 1.29 is 18.7 Å². The van der Waals surface area contributed by atoms with Crippen molar-refractivity contribution in [3.05, 3.63) is 59.4 Å². The monoisotopic (exact) mass is 344 g/mol. The number of hydrogen-bond acceptors (Lipinski definition) is 6. The van der Waals surface area contributed by atoms with Gasteiger partial charge in [-0.3, -0.25) is 0 Å². The Balaban J connectivity index is 1.56. The highest BCUT2D eigenvalue weighted by Crippen LogP contribution is 2.22. The molecule has 0 amide bonds. The number of nitrogens with zero attached hydrogens (tertiary/aromatic N) is 2. The SMILES string of the molecule is Cc1cc(Cl)ccc1OCC(=O)Oc1ccc(-c2nnco2)cc1. The smallest absolute Gasteiger partial charge is 0.349 e. The first-order valence-electron chi connectivity index (χ1n) is 7.08. The maximum Gasteiger partial charge on any atom is 0.349 e. The number of benzene rings is 2. The molecule has 24 heavy (non-hydrogen) atoms. The standard InChI is InChI=1S/C17H13ClN2O4/c1-11-8-13(18)4-7-15(11)22-9-16(21)24-14-5-2-12(3-6-14)17-20-19-10-23-17/h2-8,10H,9H2,1H3. The van der Waals surface area contributed by atoms with Gasteiger partial charge in [-0.1, -0.05) is 11.6 Å². The van der Waals surface area contributed by atoms with Crippen molar-refractivity contribution in [1.29, 1.82) is 0 Å². The quantitative estimate of drug-likeness (QED) is 0.519. The Kier molecular flexibility index (Phi) is 4.77. The van der Waals surface area contributed by atoms with Gasteiger partial charge < -0.3 is 13.9 Å². The molecule has 0 spiro atoms. The molecule has 0 unspecified atom stereocenters. The Bertz CT molecular complexity index is 832. The van der Waals surface area contributed by atoms with Crippen LogP contribution in [0, 0.1) is 6.92 Å². The molecule has 0 bridgehead atoms. The van der Waals surface area contributed by atoms with Crippen LogP contribution in [0.3, 0.4) is 0 Å². The number of esters is 1. The highest BCUT2D eigenvalue weighted by Gasteiger charge is 2.09. The van der Waals surface area contributed by atoms with Gasteiger partial charge in [0, 0.05) is 10.6 Å². The minimum absolute atomic E-state index is 0.201. The van der Waals surface area contributed by atoms with E-state index >= 15 is 0 Å². The van der Waals surface area contributed by atoms with Crippen LogP contribution < -0.4 is 9.47 Å². The molecule has 3 aromatic rings. The van der Waals surface area contributed by atoms with Crippen LogP contribution in [0.15, 0.2) is 53.3 Å². The molecule has 0 atom stereocenters. The fourth-order valence-electron chi connectivity index (χ4n) is 2.04. The Morgan fingerprint density at radius 3 is 2.67 bits per heavy atom. The summed E-state index contributed by atoms with van der Waals surface area (Å²) in [4.78, 5) is 11.9. The molecule has 0 saturated carbocycles. The van der Waals surface area contributed by atoms with Gasteiger partial charge in [0.2, 0.25) is 12.3 Å². The molecule has 0 aliphatic heterocycles. The summed E-state index contributed by atoms with van der Waals surface area (Å²) in [5.41, 5.74) is 1.58. The summed E-state index contributed by atoms with van der Waals surface area (Å²) in [6.45, 7) is 1.65. The van der Waals surface area contributed by atoms with E-state index in [1.807, 2.05) is 6.92 Å². The van der Waals surface area contributed by atoms with Crippen LogP contribution in [0.25, 0.3) is 11.5 Å². The lowest BCUT2D eigenvalue weighted by Gasteiger charge is -2.09. The number of halogens is 1. The molecule has 122 valence electrons. The molecule has 0 saturated heterocycles. The van der Waals surface area contributed by atoms with Gasteiger partial charge in [0.1, 0.15) is 11.5 Å². The lowest BCUT2D eigenvalue weighted by Crippen LogP contribution is -2.17. The first-order valence-corrected chi connectivity index (χ1v) is 7.46. The molecule has 1 aromatic heterocycles. The summed E-state index contributed by atoms with van der Waals surface area (Å²) in [6, 6.07) is 11.9. The Hall–Kier alpha value is -2.86. The molecule has 7 heteroatoms. The lowest BCUT2D eigenvalue weighted by atomic mass is 10.2.